The number of aliphatic carboxylic acids is 1. The summed E-state index contributed by atoms with van der Waals surface area (Å²) in [5, 5.41) is 11.4. The van der Waals surface area contributed by atoms with Crippen LogP contribution in [0.5, 0.6) is 0 Å². The maximum absolute atomic E-state index is 12.0. The fourth-order valence-corrected chi connectivity index (χ4v) is 1.98. The molecule has 0 unspecified atom stereocenters. The average molecular weight is 327 g/mol. The number of rotatable bonds is 5. The fraction of sp³-hybridized carbons (Fsp3) is 0.231. The van der Waals surface area contributed by atoms with E-state index in [0.29, 0.717) is 5.69 Å². The van der Waals surface area contributed by atoms with Gasteiger partial charge in [-0.25, -0.2) is 4.79 Å². The third-order valence-electron chi connectivity index (χ3n) is 2.39. The Labute approximate surface area is 120 Å². The number of hydrogen-bond acceptors (Lipinski definition) is 2. The summed E-state index contributed by atoms with van der Waals surface area (Å²) in [6, 6.07) is 4.96. The molecule has 0 radical (unpaired) electrons. The van der Waals surface area contributed by atoms with E-state index >= 15 is 0 Å². The number of carboxylic acid groups (broad SMARTS) is 1. The molecule has 1 rings (SSSR count). The van der Waals surface area contributed by atoms with E-state index in [0.717, 1.165) is 14.9 Å². The van der Waals surface area contributed by atoms with Crippen LogP contribution in [0, 0.1) is 6.92 Å². The van der Waals surface area contributed by atoms with Crippen molar-refractivity contribution in [3.63, 3.8) is 0 Å². The number of carbonyl (C=O) groups excluding carboxylic acids is 1. The summed E-state index contributed by atoms with van der Waals surface area (Å²) in [6.07, 6.45) is 1.48. The predicted molar refractivity (Wildman–Crippen MR) is 77.3 cm³/mol. The molecule has 2 N–H and O–H groups in total. The average Bonchev–Trinajstić information content (AvgIpc) is 2.31. The number of amides is 2. The number of urea groups is 1. The van der Waals surface area contributed by atoms with Crippen LogP contribution < -0.4 is 5.32 Å². The molecule has 5 nitrogen and oxygen atoms in total. The van der Waals surface area contributed by atoms with Crippen LogP contribution in [0.3, 0.4) is 0 Å². The van der Waals surface area contributed by atoms with Gasteiger partial charge in [0.1, 0.15) is 6.54 Å². The van der Waals surface area contributed by atoms with Crippen LogP contribution in [-0.2, 0) is 4.79 Å². The lowest BCUT2D eigenvalue weighted by atomic mass is 10.2. The topological polar surface area (TPSA) is 69.6 Å². The summed E-state index contributed by atoms with van der Waals surface area (Å²) >= 11 is 3.33. The molecule has 2 amide bonds. The summed E-state index contributed by atoms with van der Waals surface area (Å²) in [6.45, 7) is 5.17. The smallest absolute Gasteiger partial charge is 0.323 e. The molecule has 1 aromatic rings. The highest BCUT2D eigenvalue weighted by molar-refractivity contribution is 9.10. The van der Waals surface area contributed by atoms with Crippen LogP contribution in [0.25, 0.3) is 0 Å². The van der Waals surface area contributed by atoms with E-state index in [2.05, 4.69) is 27.8 Å². The van der Waals surface area contributed by atoms with Crippen LogP contribution in [0.15, 0.2) is 35.3 Å². The molecule has 0 atom stereocenters. The lowest BCUT2D eigenvalue weighted by molar-refractivity contribution is -0.137. The molecule has 0 spiro atoms. The Balaban J connectivity index is 2.80. The van der Waals surface area contributed by atoms with Crippen molar-refractivity contribution in [2.24, 2.45) is 0 Å². The zero-order valence-electron chi connectivity index (χ0n) is 10.5. The number of carboxylic acids is 1. The molecule has 6 heteroatoms. The van der Waals surface area contributed by atoms with Gasteiger partial charge < -0.3 is 15.3 Å². The summed E-state index contributed by atoms with van der Waals surface area (Å²) in [5.41, 5.74) is 1.53. The van der Waals surface area contributed by atoms with E-state index in [1.54, 1.807) is 12.1 Å². The second-order valence-electron chi connectivity index (χ2n) is 3.95. The van der Waals surface area contributed by atoms with E-state index in [-0.39, 0.29) is 13.1 Å². The molecule has 0 aliphatic carbocycles. The van der Waals surface area contributed by atoms with Gasteiger partial charge in [-0.2, -0.15) is 0 Å². The third kappa shape index (κ3) is 4.75. The fourth-order valence-electron chi connectivity index (χ4n) is 1.50. The minimum Gasteiger partial charge on any atom is -0.480 e. The van der Waals surface area contributed by atoms with Crippen molar-refractivity contribution >= 4 is 33.6 Å². The van der Waals surface area contributed by atoms with E-state index in [4.69, 9.17) is 5.11 Å². The summed E-state index contributed by atoms with van der Waals surface area (Å²) < 4.78 is 0.913. The monoisotopic (exact) mass is 326 g/mol. The maximum atomic E-state index is 12.0. The summed E-state index contributed by atoms with van der Waals surface area (Å²) in [7, 11) is 0. The standard InChI is InChI=1S/C13H15BrN2O3/c1-3-6-16(8-12(17)18)13(19)15-11-5-4-10(14)7-9(11)2/h3-5,7H,1,6,8H2,2H3,(H,15,19)(H,17,18). The molecular weight excluding hydrogens is 312 g/mol. The molecule has 102 valence electrons. The van der Waals surface area contributed by atoms with Crippen molar-refractivity contribution in [3.05, 3.63) is 40.9 Å². The minimum absolute atomic E-state index is 0.174. The van der Waals surface area contributed by atoms with Gasteiger partial charge >= 0.3 is 12.0 Å². The van der Waals surface area contributed by atoms with Gasteiger partial charge in [-0.05, 0) is 30.7 Å². The van der Waals surface area contributed by atoms with Crippen molar-refractivity contribution in [1.82, 2.24) is 4.90 Å². The molecule has 0 aromatic heterocycles. The Hall–Kier alpha value is -1.82. The molecule has 19 heavy (non-hydrogen) atoms. The number of benzene rings is 1. The number of halogens is 1. The first-order valence-corrected chi connectivity index (χ1v) is 6.38. The van der Waals surface area contributed by atoms with E-state index < -0.39 is 12.0 Å². The van der Waals surface area contributed by atoms with Gasteiger partial charge in [0.15, 0.2) is 0 Å². The highest BCUT2D eigenvalue weighted by Crippen LogP contribution is 2.20. The number of carbonyl (C=O) groups is 2. The first-order valence-electron chi connectivity index (χ1n) is 5.58. The number of nitrogens with zero attached hydrogens (tertiary/aromatic N) is 1. The molecular formula is C13H15BrN2O3. The number of nitrogens with one attached hydrogen (secondary N) is 1. The molecule has 0 saturated heterocycles. The molecule has 0 aliphatic heterocycles. The largest absolute Gasteiger partial charge is 0.480 e. The third-order valence-corrected chi connectivity index (χ3v) is 2.89. The van der Waals surface area contributed by atoms with Crippen molar-refractivity contribution < 1.29 is 14.7 Å². The number of anilines is 1. The molecule has 0 fully saturated rings. The van der Waals surface area contributed by atoms with E-state index in [9.17, 15) is 9.59 Å². The van der Waals surface area contributed by atoms with Crippen LogP contribution in [0.2, 0.25) is 0 Å². The zero-order valence-corrected chi connectivity index (χ0v) is 12.1. The second kappa shape index (κ2) is 6.94. The van der Waals surface area contributed by atoms with Crippen LogP contribution in [-0.4, -0.2) is 35.1 Å². The number of hydrogen-bond donors (Lipinski definition) is 2. The van der Waals surface area contributed by atoms with Gasteiger partial charge in [-0.1, -0.05) is 22.0 Å². The quantitative estimate of drug-likeness (QED) is 0.817. The Morgan fingerprint density at radius 2 is 2.21 bits per heavy atom. The minimum atomic E-state index is -1.07. The van der Waals surface area contributed by atoms with Crippen LogP contribution in [0.1, 0.15) is 5.56 Å². The van der Waals surface area contributed by atoms with Crippen molar-refractivity contribution in [2.75, 3.05) is 18.4 Å². The van der Waals surface area contributed by atoms with E-state index in [1.165, 1.54) is 6.08 Å². The number of aryl methyl sites for hydroxylation is 1. The normalized spacial score (nSPS) is 9.79. The molecule has 0 saturated carbocycles. The lowest BCUT2D eigenvalue weighted by Gasteiger charge is -2.20. The van der Waals surface area contributed by atoms with Crippen LogP contribution >= 0.6 is 15.9 Å². The molecule has 1 aromatic carbocycles. The van der Waals surface area contributed by atoms with Gasteiger partial charge in [0, 0.05) is 16.7 Å². The van der Waals surface area contributed by atoms with Crippen LogP contribution in [0.4, 0.5) is 10.5 Å². The van der Waals surface area contributed by atoms with Gasteiger partial charge in [0.25, 0.3) is 0 Å². The Kier molecular flexibility index (Phi) is 5.57. The van der Waals surface area contributed by atoms with Crippen molar-refractivity contribution in [2.45, 2.75) is 6.92 Å². The Bertz CT molecular complexity index is 503. The SMILES string of the molecule is C=CCN(CC(=O)O)C(=O)Nc1ccc(Br)cc1C. The van der Waals surface area contributed by atoms with Crippen molar-refractivity contribution in [1.29, 1.82) is 0 Å². The van der Waals surface area contributed by atoms with E-state index in [1.807, 2.05) is 13.0 Å². The van der Waals surface area contributed by atoms with Crippen molar-refractivity contribution in [3.8, 4) is 0 Å². The van der Waals surface area contributed by atoms with Gasteiger partial charge in [-0.3, -0.25) is 4.79 Å². The van der Waals surface area contributed by atoms with Gasteiger partial charge in [0.2, 0.25) is 0 Å². The molecule has 0 bridgehead atoms. The summed E-state index contributed by atoms with van der Waals surface area (Å²) in [5.74, 6) is -1.07. The van der Waals surface area contributed by atoms with Gasteiger partial charge in [0.05, 0.1) is 0 Å². The maximum Gasteiger partial charge on any atom is 0.323 e. The highest BCUT2D eigenvalue weighted by Gasteiger charge is 2.16. The summed E-state index contributed by atoms with van der Waals surface area (Å²) in [4.78, 5) is 23.8. The zero-order chi connectivity index (χ0) is 14.4. The van der Waals surface area contributed by atoms with Gasteiger partial charge in [-0.15, -0.1) is 6.58 Å². The first kappa shape index (κ1) is 15.2. The molecule has 0 heterocycles. The second-order valence-corrected chi connectivity index (χ2v) is 4.87. The molecule has 0 aliphatic rings. The highest BCUT2D eigenvalue weighted by atomic mass is 79.9. The Morgan fingerprint density at radius 3 is 2.74 bits per heavy atom. The lowest BCUT2D eigenvalue weighted by Crippen LogP contribution is -2.38. The Morgan fingerprint density at radius 1 is 1.53 bits per heavy atom. The first-order chi connectivity index (χ1) is 8.93. The predicted octanol–water partition coefficient (Wildman–Crippen LogP) is 2.86.